The zero-order valence-electron chi connectivity index (χ0n) is 15.8. The van der Waals surface area contributed by atoms with Gasteiger partial charge in [0.15, 0.2) is 0 Å². The first kappa shape index (κ1) is 18.5. The first-order valence-electron chi connectivity index (χ1n) is 9.26. The fourth-order valence-corrected chi connectivity index (χ4v) is 3.81. The number of amides is 1. The molecule has 1 N–H and O–H groups in total. The molecule has 2 heterocycles. The monoisotopic (exact) mass is 356 g/mol. The Bertz CT molecular complexity index is 726. The summed E-state index contributed by atoms with van der Waals surface area (Å²) >= 11 is 0. The van der Waals surface area contributed by atoms with Gasteiger partial charge in [-0.15, -0.1) is 0 Å². The summed E-state index contributed by atoms with van der Waals surface area (Å²) in [5.74, 6) is 2.41. The predicted octanol–water partition coefficient (Wildman–Crippen LogP) is 2.62. The van der Waals surface area contributed by atoms with Crippen LogP contribution in [-0.2, 0) is 11.3 Å². The van der Waals surface area contributed by atoms with Crippen molar-refractivity contribution >= 4 is 5.91 Å². The predicted molar refractivity (Wildman–Crippen MR) is 101 cm³/mol. The Morgan fingerprint density at radius 1 is 1.31 bits per heavy atom. The SMILES string of the molecule is CCC[C@@H]1CN(Cc2nccn2-c2ccc(OC)cc2)C[C@H]1NC(C)=O. The fraction of sp³-hybridized carbons (Fsp3) is 0.500. The van der Waals surface area contributed by atoms with Gasteiger partial charge in [-0.25, -0.2) is 4.98 Å². The largest absolute Gasteiger partial charge is 0.497 e. The summed E-state index contributed by atoms with van der Waals surface area (Å²) in [5.41, 5.74) is 1.07. The minimum Gasteiger partial charge on any atom is -0.497 e. The van der Waals surface area contributed by atoms with Crippen LogP contribution in [0.15, 0.2) is 36.7 Å². The number of hydrogen-bond acceptors (Lipinski definition) is 4. The molecule has 6 nitrogen and oxygen atoms in total. The quantitative estimate of drug-likeness (QED) is 0.828. The molecule has 26 heavy (non-hydrogen) atoms. The van der Waals surface area contributed by atoms with Crippen LogP contribution >= 0.6 is 0 Å². The van der Waals surface area contributed by atoms with Gasteiger partial charge < -0.3 is 14.6 Å². The van der Waals surface area contributed by atoms with Gasteiger partial charge in [-0.1, -0.05) is 13.3 Å². The Hall–Kier alpha value is -2.34. The van der Waals surface area contributed by atoms with Crippen LogP contribution < -0.4 is 10.1 Å². The molecule has 0 bridgehead atoms. The highest BCUT2D eigenvalue weighted by molar-refractivity contribution is 5.73. The van der Waals surface area contributed by atoms with Crippen LogP contribution in [0.1, 0.15) is 32.5 Å². The molecule has 0 saturated carbocycles. The van der Waals surface area contributed by atoms with Crippen molar-refractivity contribution in [1.82, 2.24) is 19.8 Å². The number of nitrogens with zero attached hydrogens (tertiary/aromatic N) is 3. The Kier molecular flexibility index (Phi) is 5.93. The van der Waals surface area contributed by atoms with Gasteiger partial charge in [0.2, 0.25) is 5.91 Å². The molecule has 0 aliphatic carbocycles. The van der Waals surface area contributed by atoms with Gasteiger partial charge in [-0.05, 0) is 36.6 Å². The molecule has 0 radical (unpaired) electrons. The molecule has 0 spiro atoms. The Balaban J connectivity index is 1.71. The second-order valence-electron chi connectivity index (χ2n) is 6.96. The lowest BCUT2D eigenvalue weighted by Crippen LogP contribution is -2.39. The summed E-state index contributed by atoms with van der Waals surface area (Å²) in [5, 5.41) is 3.12. The van der Waals surface area contributed by atoms with Gasteiger partial charge in [-0.3, -0.25) is 9.69 Å². The van der Waals surface area contributed by atoms with E-state index in [4.69, 9.17) is 4.74 Å². The highest BCUT2D eigenvalue weighted by Gasteiger charge is 2.33. The van der Waals surface area contributed by atoms with E-state index in [9.17, 15) is 4.79 Å². The molecule has 1 aliphatic rings. The molecule has 6 heteroatoms. The van der Waals surface area contributed by atoms with E-state index in [1.165, 1.54) is 0 Å². The maximum absolute atomic E-state index is 11.5. The minimum atomic E-state index is 0.0534. The molecule has 140 valence electrons. The Morgan fingerprint density at radius 3 is 2.73 bits per heavy atom. The molecule has 2 atom stereocenters. The van der Waals surface area contributed by atoms with Crippen molar-refractivity contribution in [2.75, 3.05) is 20.2 Å². The summed E-state index contributed by atoms with van der Waals surface area (Å²) < 4.78 is 7.35. The van der Waals surface area contributed by atoms with Crippen molar-refractivity contribution < 1.29 is 9.53 Å². The maximum atomic E-state index is 11.5. The van der Waals surface area contributed by atoms with Crippen molar-refractivity contribution in [3.63, 3.8) is 0 Å². The third-order valence-electron chi connectivity index (χ3n) is 5.00. The Morgan fingerprint density at radius 2 is 2.08 bits per heavy atom. The average Bonchev–Trinajstić information content (AvgIpc) is 3.22. The van der Waals surface area contributed by atoms with Gasteiger partial charge in [0.25, 0.3) is 0 Å². The summed E-state index contributed by atoms with van der Waals surface area (Å²) in [6.07, 6.45) is 6.09. The number of ether oxygens (including phenoxy) is 1. The van der Waals surface area contributed by atoms with E-state index in [0.29, 0.717) is 5.92 Å². The van der Waals surface area contributed by atoms with Crippen LogP contribution in [0.25, 0.3) is 5.69 Å². The van der Waals surface area contributed by atoms with Crippen LogP contribution in [-0.4, -0.2) is 46.6 Å². The van der Waals surface area contributed by atoms with Crippen molar-refractivity contribution in [1.29, 1.82) is 0 Å². The number of hydrogen-bond donors (Lipinski definition) is 1. The second kappa shape index (κ2) is 8.36. The molecule has 1 saturated heterocycles. The molecule has 2 aromatic rings. The number of carbonyl (C=O) groups excluding carboxylic acids is 1. The van der Waals surface area contributed by atoms with Crippen molar-refractivity contribution in [2.24, 2.45) is 5.92 Å². The summed E-state index contributed by atoms with van der Waals surface area (Å²) in [6, 6.07) is 8.22. The molecule has 1 aromatic heterocycles. The van der Waals surface area contributed by atoms with Crippen molar-refractivity contribution in [3.05, 3.63) is 42.5 Å². The number of carbonyl (C=O) groups is 1. The number of nitrogens with one attached hydrogen (secondary N) is 1. The molecular formula is C20H28N4O2. The molecule has 1 amide bonds. The van der Waals surface area contributed by atoms with Gasteiger partial charge >= 0.3 is 0 Å². The first-order chi connectivity index (χ1) is 12.6. The van der Waals surface area contributed by atoms with Crippen LogP contribution in [0, 0.1) is 5.92 Å². The van der Waals surface area contributed by atoms with Gasteiger partial charge in [0.1, 0.15) is 11.6 Å². The zero-order valence-corrected chi connectivity index (χ0v) is 15.8. The number of imidazole rings is 1. The summed E-state index contributed by atoms with van der Waals surface area (Å²) in [7, 11) is 1.67. The highest BCUT2D eigenvalue weighted by atomic mass is 16.5. The van der Waals surface area contributed by atoms with Crippen LogP contribution in [0.4, 0.5) is 0 Å². The standard InChI is InChI=1S/C20H28N4O2/c1-4-5-16-12-23(13-19(16)22-15(2)25)14-20-21-10-11-24(20)17-6-8-18(26-3)9-7-17/h6-11,16,19H,4-5,12-14H2,1-3H3,(H,22,25)/t16-,19-/m1/s1. The highest BCUT2D eigenvalue weighted by Crippen LogP contribution is 2.24. The van der Waals surface area contributed by atoms with E-state index in [1.54, 1.807) is 14.0 Å². The van der Waals surface area contributed by atoms with Gasteiger partial charge in [0.05, 0.1) is 13.7 Å². The van der Waals surface area contributed by atoms with E-state index in [0.717, 1.165) is 49.7 Å². The molecular weight excluding hydrogens is 328 g/mol. The third-order valence-corrected chi connectivity index (χ3v) is 5.00. The van der Waals surface area contributed by atoms with Crippen LogP contribution in [0.2, 0.25) is 0 Å². The number of aromatic nitrogens is 2. The minimum absolute atomic E-state index is 0.0534. The normalized spacial score (nSPS) is 20.3. The van der Waals surface area contributed by atoms with E-state index in [2.05, 4.69) is 26.7 Å². The van der Waals surface area contributed by atoms with Crippen molar-refractivity contribution in [3.8, 4) is 11.4 Å². The summed E-state index contributed by atoms with van der Waals surface area (Å²) in [4.78, 5) is 18.5. The topological polar surface area (TPSA) is 59.4 Å². The van der Waals surface area contributed by atoms with E-state index < -0.39 is 0 Å². The van der Waals surface area contributed by atoms with E-state index in [1.807, 2.05) is 36.7 Å². The molecule has 1 fully saturated rings. The van der Waals surface area contributed by atoms with Gasteiger partial charge in [-0.2, -0.15) is 0 Å². The average molecular weight is 356 g/mol. The van der Waals surface area contributed by atoms with Crippen LogP contribution in [0.3, 0.4) is 0 Å². The van der Waals surface area contributed by atoms with E-state index in [-0.39, 0.29) is 11.9 Å². The van der Waals surface area contributed by atoms with E-state index >= 15 is 0 Å². The first-order valence-corrected chi connectivity index (χ1v) is 9.26. The lowest BCUT2D eigenvalue weighted by Gasteiger charge is -2.18. The maximum Gasteiger partial charge on any atom is 0.217 e. The fourth-order valence-electron chi connectivity index (χ4n) is 3.81. The summed E-state index contributed by atoms with van der Waals surface area (Å²) in [6.45, 7) is 6.44. The molecule has 3 rings (SSSR count). The smallest absolute Gasteiger partial charge is 0.217 e. The number of methoxy groups -OCH3 is 1. The Labute approximate surface area is 155 Å². The number of benzene rings is 1. The third kappa shape index (κ3) is 4.25. The zero-order chi connectivity index (χ0) is 18.5. The molecule has 1 aliphatic heterocycles. The van der Waals surface area contributed by atoms with Crippen LogP contribution in [0.5, 0.6) is 5.75 Å². The molecule has 0 unspecified atom stereocenters. The number of rotatable bonds is 7. The second-order valence-corrected chi connectivity index (χ2v) is 6.96. The lowest BCUT2D eigenvalue weighted by molar-refractivity contribution is -0.119. The van der Waals surface area contributed by atoms with Gasteiger partial charge in [0, 0.05) is 44.1 Å². The lowest BCUT2D eigenvalue weighted by atomic mass is 9.98. The molecule has 1 aromatic carbocycles. The van der Waals surface area contributed by atoms with Crippen molar-refractivity contribution in [2.45, 2.75) is 39.3 Å². The number of likely N-dealkylation sites (tertiary alicyclic amines) is 1.